The summed E-state index contributed by atoms with van der Waals surface area (Å²) < 4.78 is 18.0. The molecule has 0 bridgehead atoms. The second-order valence-corrected chi connectivity index (χ2v) is 5.74. The molecule has 3 rings (SSSR count). The first kappa shape index (κ1) is 15.3. The van der Waals surface area contributed by atoms with Crippen LogP contribution in [0.3, 0.4) is 0 Å². The molecule has 0 aliphatic carbocycles. The van der Waals surface area contributed by atoms with Crippen LogP contribution in [0.5, 0.6) is 0 Å². The summed E-state index contributed by atoms with van der Waals surface area (Å²) in [5.74, 6) is -1.32. The lowest BCUT2D eigenvalue weighted by atomic mass is 9.99. The number of halogens is 1. The summed E-state index contributed by atoms with van der Waals surface area (Å²) in [6, 6.07) is 7.63. The fourth-order valence-electron chi connectivity index (χ4n) is 2.85. The Hall–Kier alpha value is -2.63. The normalized spacial score (nSPS) is 17.4. The number of amides is 1. The molecular formula is C17H16FNO4. The van der Waals surface area contributed by atoms with E-state index >= 15 is 0 Å². The van der Waals surface area contributed by atoms with Crippen LogP contribution < -0.4 is 0 Å². The van der Waals surface area contributed by atoms with Crippen molar-refractivity contribution in [2.45, 2.75) is 12.8 Å². The van der Waals surface area contributed by atoms with E-state index < -0.39 is 5.97 Å². The van der Waals surface area contributed by atoms with Crippen LogP contribution in [0.1, 0.15) is 32.9 Å². The van der Waals surface area contributed by atoms with E-state index in [1.165, 1.54) is 18.2 Å². The number of benzene rings is 1. The van der Waals surface area contributed by atoms with Gasteiger partial charge >= 0.3 is 5.97 Å². The molecule has 1 fully saturated rings. The fourth-order valence-corrected chi connectivity index (χ4v) is 2.85. The van der Waals surface area contributed by atoms with Crippen LogP contribution in [0.4, 0.5) is 4.39 Å². The first-order chi connectivity index (χ1) is 11.0. The number of carbonyl (C=O) groups excluding carboxylic acids is 1. The van der Waals surface area contributed by atoms with Crippen molar-refractivity contribution in [3.63, 3.8) is 0 Å². The van der Waals surface area contributed by atoms with Crippen molar-refractivity contribution < 1.29 is 23.5 Å². The smallest absolute Gasteiger partial charge is 0.338 e. The third-order valence-corrected chi connectivity index (χ3v) is 4.07. The molecule has 1 aromatic heterocycles. The van der Waals surface area contributed by atoms with E-state index in [0.29, 0.717) is 19.0 Å². The van der Waals surface area contributed by atoms with Crippen molar-refractivity contribution in [2.24, 2.45) is 5.92 Å². The number of rotatable bonds is 4. The van der Waals surface area contributed by atoms with E-state index in [1.54, 1.807) is 17.0 Å². The maximum absolute atomic E-state index is 12.9. The molecule has 1 saturated heterocycles. The highest BCUT2D eigenvalue weighted by atomic mass is 19.1. The second kappa shape index (κ2) is 6.24. The highest BCUT2D eigenvalue weighted by molar-refractivity contribution is 5.95. The molecule has 5 nitrogen and oxygen atoms in total. The molecule has 2 heterocycles. The predicted molar refractivity (Wildman–Crippen MR) is 79.8 cm³/mol. The predicted octanol–water partition coefficient (Wildman–Crippen LogP) is 2.82. The number of hydrogen-bond donors (Lipinski definition) is 1. The molecule has 6 heteroatoms. The highest BCUT2D eigenvalue weighted by Gasteiger charge is 2.29. The van der Waals surface area contributed by atoms with Gasteiger partial charge in [0, 0.05) is 19.2 Å². The van der Waals surface area contributed by atoms with Crippen LogP contribution in [0.2, 0.25) is 0 Å². The molecule has 0 spiro atoms. The number of carboxylic acids is 1. The van der Waals surface area contributed by atoms with Crippen LogP contribution >= 0.6 is 0 Å². The number of likely N-dealkylation sites (tertiary alicyclic amines) is 1. The van der Waals surface area contributed by atoms with Gasteiger partial charge in [0.25, 0.3) is 5.91 Å². The summed E-state index contributed by atoms with van der Waals surface area (Å²) in [6.45, 7) is 1.19. The van der Waals surface area contributed by atoms with E-state index in [0.717, 1.165) is 24.7 Å². The van der Waals surface area contributed by atoms with Gasteiger partial charge in [0.15, 0.2) is 5.76 Å². The van der Waals surface area contributed by atoms with Crippen molar-refractivity contribution in [3.05, 3.63) is 59.3 Å². The van der Waals surface area contributed by atoms with Crippen LogP contribution in [0.25, 0.3) is 0 Å². The molecule has 1 unspecified atom stereocenters. The molecule has 120 valence electrons. The van der Waals surface area contributed by atoms with Gasteiger partial charge in [0.05, 0.1) is 5.56 Å². The lowest BCUT2D eigenvalue weighted by Gasteiger charge is -2.15. The third-order valence-electron chi connectivity index (χ3n) is 4.07. The number of hydrogen-bond acceptors (Lipinski definition) is 3. The Morgan fingerprint density at radius 2 is 2.04 bits per heavy atom. The van der Waals surface area contributed by atoms with Crippen molar-refractivity contribution in [1.82, 2.24) is 4.90 Å². The Balaban J connectivity index is 1.61. The number of furan rings is 1. The molecule has 23 heavy (non-hydrogen) atoms. The Kier molecular flexibility index (Phi) is 4.14. The Morgan fingerprint density at radius 3 is 2.70 bits per heavy atom. The van der Waals surface area contributed by atoms with Gasteiger partial charge in [-0.2, -0.15) is 0 Å². The number of nitrogens with zero attached hydrogens (tertiary/aromatic N) is 1. The van der Waals surface area contributed by atoms with E-state index in [-0.39, 0.29) is 23.0 Å². The SMILES string of the molecule is O=C(O)c1coc(C(=O)N2CCC(Cc3ccc(F)cc3)C2)c1. The summed E-state index contributed by atoms with van der Waals surface area (Å²) in [5.41, 5.74) is 1.01. The van der Waals surface area contributed by atoms with Crippen molar-refractivity contribution in [2.75, 3.05) is 13.1 Å². The molecule has 1 aliphatic heterocycles. The first-order valence-electron chi connectivity index (χ1n) is 7.38. The van der Waals surface area contributed by atoms with Crippen molar-refractivity contribution >= 4 is 11.9 Å². The molecule has 0 radical (unpaired) electrons. The lowest BCUT2D eigenvalue weighted by molar-refractivity contribution is 0.0695. The zero-order valence-electron chi connectivity index (χ0n) is 12.4. The minimum Gasteiger partial charge on any atom is -0.478 e. The standard InChI is InChI=1S/C17H16FNO4/c18-14-3-1-11(2-4-14)7-12-5-6-19(9-12)16(20)15-8-13(10-23-15)17(21)22/h1-4,8,10,12H,5-7,9H2,(H,21,22). The van der Waals surface area contributed by atoms with Gasteiger partial charge in [0.1, 0.15) is 12.1 Å². The van der Waals surface area contributed by atoms with E-state index in [1.807, 2.05) is 0 Å². The number of carboxylic acid groups (broad SMARTS) is 1. The summed E-state index contributed by atoms with van der Waals surface area (Å²) in [5, 5.41) is 8.86. The summed E-state index contributed by atoms with van der Waals surface area (Å²) in [4.78, 5) is 24.8. The van der Waals surface area contributed by atoms with Gasteiger partial charge in [-0.25, -0.2) is 9.18 Å². The van der Waals surface area contributed by atoms with E-state index in [4.69, 9.17) is 9.52 Å². The summed E-state index contributed by atoms with van der Waals surface area (Å²) >= 11 is 0. The van der Waals surface area contributed by atoms with Gasteiger partial charge in [-0.05, 0) is 36.5 Å². The minimum absolute atomic E-state index is 0.0320. The zero-order valence-corrected chi connectivity index (χ0v) is 12.4. The Labute approximate surface area is 132 Å². The van der Waals surface area contributed by atoms with Crippen LogP contribution in [-0.4, -0.2) is 35.0 Å². The molecule has 1 aromatic carbocycles. The van der Waals surface area contributed by atoms with E-state index in [9.17, 15) is 14.0 Å². The van der Waals surface area contributed by atoms with Gasteiger partial charge in [-0.15, -0.1) is 0 Å². The molecule has 1 amide bonds. The average Bonchev–Trinajstić information content (AvgIpc) is 3.18. The van der Waals surface area contributed by atoms with Gasteiger partial charge in [-0.3, -0.25) is 4.79 Å². The quantitative estimate of drug-likeness (QED) is 0.941. The van der Waals surface area contributed by atoms with Crippen molar-refractivity contribution in [1.29, 1.82) is 0 Å². The summed E-state index contributed by atoms with van der Waals surface area (Å²) in [7, 11) is 0. The molecular weight excluding hydrogens is 301 g/mol. The maximum atomic E-state index is 12.9. The Bertz CT molecular complexity index is 722. The van der Waals surface area contributed by atoms with Crippen LogP contribution in [0, 0.1) is 11.7 Å². The number of aromatic carboxylic acids is 1. The van der Waals surface area contributed by atoms with Gasteiger partial charge in [-0.1, -0.05) is 12.1 Å². The van der Waals surface area contributed by atoms with Gasteiger partial charge < -0.3 is 14.4 Å². The first-order valence-corrected chi connectivity index (χ1v) is 7.38. The van der Waals surface area contributed by atoms with Crippen molar-refractivity contribution in [3.8, 4) is 0 Å². The average molecular weight is 317 g/mol. The minimum atomic E-state index is -1.12. The fraction of sp³-hybridized carbons (Fsp3) is 0.294. The zero-order chi connectivity index (χ0) is 16.4. The maximum Gasteiger partial charge on any atom is 0.338 e. The molecule has 1 aliphatic rings. The summed E-state index contributed by atoms with van der Waals surface area (Å²) in [6.07, 6.45) is 2.71. The topological polar surface area (TPSA) is 70.7 Å². The van der Waals surface area contributed by atoms with Crippen LogP contribution in [-0.2, 0) is 6.42 Å². The lowest BCUT2D eigenvalue weighted by Crippen LogP contribution is -2.28. The number of carbonyl (C=O) groups is 2. The molecule has 2 aromatic rings. The second-order valence-electron chi connectivity index (χ2n) is 5.74. The monoisotopic (exact) mass is 317 g/mol. The molecule has 1 atom stereocenters. The Morgan fingerprint density at radius 1 is 1.30 bits per heavy atom. The molecule has 0 saturated carbocycles. The largest absolute Gasteiger partial charge is 0.478 e. The third kappa shape index (κ3) is 3.41. The van der Waals surface area contributed by atoms with Crippen LogP contribution in [0.15, 0.2) is 41.0 Å². The van der Waals surface area contributed by atoms with E-state index in [2.05, 4.69) is 0 Å². The van der Waals surface area contributed by atoms with Gasteiger partial charge in [0.2, 0.25) is 0 Å². The molecule has 1 N–H and O–H groups in total. The highest BCUT2D eigenvalue weighted by Crippen LogP contribution is 2.23.